The van der Waals surface area contributed by atoms with Crippen molar-refractivity contribution in [2.45, 2.75) is 13.0 Å². The Labute approximate surface area is 127 Å². The Balaban J connectivity index is 2.30. The molecule has 2 N–H and O–H groups in total. The molecule has 0 saturated carbocycles. The van der Waals surface area contributed by atoms with Gasteiger partial charge >= 0.3 is 0 Å². The molecule has 0 spiro atoms. The smallest absolute Gasteiger partial charge is 0.242 e. The van der Waals surface area contributed by atoms with Crippen LogP contribution in [0.25, 0.3) is 22.2 Å². The fourth-order valence-corrected chi connectivity index (χ4v) is 2.51. The second-order valence-electron chi connectivity index (χ2n) is 4.90. The minimum absolute atomic E-state index is 0.422. The minimum atomic E-state index is -0.522. The van der Waals surface area contributed by atoms with E-state index >= 15 is 0 Å². The number of amides is 1. The molecule has 0 aliphatic rings. The van der Waals surface area contributed by atoms with E-state index in [1.165, 1.54) is 0 Å². The van der Waals surface area contributed by atoms with Gasteiger partial charge in [0, 0.05) is 16.0 Å². The molecule has 3 rings (SSSR count). The zero-order chi connectivity index (χ0) is 15.0. The minimum Gasteiger partial charge on any atom is -0.368 e. The van der Waals surface area contributed by atoms with E-state index in [0.717, 1.165) is 22.2 Å². The summed E-state index contributed by atoms with van der Waals surface area (Å²) >= 11 is 6.10. The van der Waals surface area contributed by atoms with E-state index in [9.17, 15) is 4.79 Å². The van der Waals surface area contributed by atoms with E-state index in [1.807, 2.05) is 42.5 Å². The molecule has 3 aromatic rings. The van der Waals surface area contributed by atoms with Gasteiger partial charge in [0.15, 0.2) is 0 Å². The zero-order valence-corrected chi connectivity index (χ0v) is 12.2. The monoisotopic (exact) mass is 299 g/mol. The van der Waals surface area contributed by atoms with Gasteiger partial charge in [-0.05, 0) is 25.1 Å². The largest absolute Gasteiger partial charge is 0.368 e. The number of nitrogens with two attached hydrogens (primary N) is 1. The van der Waals surface area contributed by atoms with Crippen LogP contribution in [0.2, 0.25) is 5.02 Å². The van der Waals surface area contributed by atoms with Crippen LogP contribution in [0.3, 0.4) is 0 Å². The predicted octanol–water partition coefficient (Wildman–Crippen LogP) is 3.40. The highest BCUT2D eigenvalue weighted by Crippen LogP contribution is 2.31. The predicted molar refractivity (Wildman–Crippen MR) is 84.1 cm³/mol. The molecule has 2 aromatic carbocycles. The Kier molecular flexibility index (Phi) is 3.39. The van der Waals surface area contributed by atoms with E-state index in [2.05, 4.69) is 5.10 Å². The van der Waals surface area contributed by atoms with Crippen molar-refractivity contribution in [3.05, 3.63) is 53.6 Å². The van der Waals surface area contributed by atoms with Crippen molar-refractivity contribution in [3.8, 4) is 11.3 Å². The van der Waals surface area contributed by atoms with Crippen molar-refractivity contribution in [1.29, 1.82) is 0 Å². The fraction of sp³-hybridized carbons (Fsp3) is 0.125. The number of halogens is 1. The van der Waals surface area contributed by atoms with Crippen molar-refractivity contribution in [2.24, 2.45) is 5.73 Å². The van der Waals surface area contributed by atoms with Gasteiger partial charge in [-0.25, -0.2) is 0 Å². The van der Waals surface area contributed by atoms with Crippen LogP contribution < -0.4 is 5.73 Å². The number of nitrogens with zero attached hydrogens (tertiary/aromatic N) is 2. The highest BCUT2D eigenvalue weighted by atomic mass is 35.5. The molecule has 1 unspecified atom stereocenters. The molecule has 1 heterocycles. The van der Waals surface area contributed by atoms with Crippen LogP contribution in [0, 0.1) is 0 Å². The van der Waals surface area contributed by atoms with Gasteiger partial charge in [0.25, 0.3) is 0 Å². The lowest BCUT2D eigenvalue weighted by Crippen LogP contribution is -2.24. The highest BCUT2D eigenvalue weighted by molar-refractivity contribution is 6.31. The van der Waals surface area contributed by atoms with E-state index in [0.29, 0.717) is 5.02 Å². The van der Waals surface area contributed by atoms with Gasteiger partial charge in [0.2, 0.25) is 5.91 Å². The van der Waals surface area contributed by atoms with E-state index in [1.54, 1.807) is 17.7 Å². The second-order valence-corrected chi connectivity index (χ2v) is 5.34. The first-order valence-electron chi connectivity index (χ1n) is 6.60. The highest BCUT2D eigenvalue weighted by Gasteiger charge is 2.19. The second kappa shape index (κ2) is 5.22. The zero-order valence-electron chi connectivity index (χ0n) is 11.5. The average Bonchev–Trinajstić information content (AvgIpc) is 2.85. The maximum absolute atomic E-state index is 11.5. The molecule has 0 radical (unpaired) electrons. The first-order chi connectivity index (χ1) is 10.1. The molecule has 0 aliphatic carbocycles. The lowest BCUT2D eigenvalue weighted by molar-refractivity contribution is -0.120. The molecular weight excluding hydrogens is 286 g/mol. The van der Waals surface area contributed by atoms with Crippen LogP contribution in [0.5, 0.6) is 0 Å². The number of hydrogen-bond acceptors (Lipinski definition) is 2. The lowest BCUT2D eigenvalue weighted by Gasteiger charge is -2.08. The number of rotatable bonds is 3. The quantitative estimate of drug-likeness (QED) is 0.805. The van der Waals surface area contributed by atoms with Crippen LogP contribution in [0.4, 0.5) is 0 Å². The lowest BCUT2D eigenvalue weighted by atomic mass is 10.1. The van der Waals surface area contributed by atoms with E-state index in [4.69, 9.17) is 17.3 Å². The van der Waals surface area contributed by atoms with Crippen molar-refractivity contribution >= 4 is 28.4 Å². The maximum atomic E-state index is 11.5. The molecule has 1 amide bonds. The summed E-state index contributed by atoms with van der Waals surface area (Å²) in [5, 5.41) is 6.11. The summed E-state index contributed by atoms with van der Waals surface area (Å²) in [6.07, 6.45) is 0. The van der Waals surface area contributed by atoms with Crippen LogP contribution >= 0.6 is 11.6 Å². The molecule has 1 atom stereocenters. The molecule has 0 saturated heterocycles. The number of hydrogen-bond donors (Lipinski definition) is 1. The third-order valence-corrected chi connectivity index (χ3v) is 3.73. The number of carbonyl (C=O) groups excluding carboxylic acids is 1. The number of carbonyl (C=O) groups is 1. The summed E-state index contributed by atoms with van der Waals surface area (Å²) in [5.74, 6) is -0.422. The van der Waals surface area contributed by atoms with Crippen LogP contribution in [0.15, 0.2) is 48.5 Å². The van der Waals surface area contributed by atoms with Gasteiger partial charge in [-0.2, -0.15) is 5.10 Å². The maximum Gasteiger partial charge on any atom is 0.242 e. The third-order valence-electron chi connectivity index (χ3n) is 3.49. The summed E-state index contributed by atoms with van der Waals surface area (Å²) in [4.78, 5) is 11.5. The van der Waals surface area contributed by atoms with E-state index < -0.39 is 11.9 Å². The SMILES string of the molecule is CC(C(N)=O)n1nc(-c2ccccc2)c2cc(Cl)ccc21. The molecule has 1 aromatic heterocycles. The summed E-state index contributed by atoms with van der Waals surface area (Å²) < 4.78 is 1.65. The molecule has 106 valence electrons. The molecule has 21 heavy (non-hydrogen) atoms. The Morgan fingerprint density at radius 2 is 1.95 bits per heavy atom. The number of primary amides is 1. The van der Waals surface area contributed by atoms with Crippen molar-refractivity contribution in [3.63, 3.8) is 0 Å². The summed E-state index contributed by atoms with van der Waals surface area (Å²) in [6, 6.07) is 14.8. The normalized spacial score (nSPS) is 12.5. The molecule has 0 fully saturated rings. The van der Waals surface area contributed by atoms with Gasteiger partial charge in [0.05, 0.1) is 5.52 Å². The summed E-state index contributed by atoms with van der Waals surface area (Å²) in [7, 11) is 0. The van der Waals surface area contributed by atoms with Crippen LogP contribution in [-0.2, 0) is 4.79 Å². The standard InChI is InChI=1S/C16H14ClN3O/c1-10(16(18)21)20-14-8-7-12(17)9-13(14)15(19-20)11-5-3-2-4-6-11/h2-10H,1H3,(H2,18,21). The Hall–Kier alpha value is -2.33. The van der Waals surface area contributed by atoms with Crippen molar-refractivity contribution < 1.29 is 4.79 Å². The third kappa shape index (κ3) is 2.38. The average molecular weight is 300 g/mol. The first-order valence-corrected chi connectivity index (χ1v) is 6.98. The van der Waals surface area contributed by atoms with Crippen molar-refractivity contribution in [2.75, 3.05) is 0 Å². The Bertz CT molecular complexity index is 811. The number of fused-ring (bicyclic) bond motifs is 1. The molecule has 0 aliphatic heterocycles. The van der Waals surface area contributed by atoms with Gasteiger partial charge in [-0.1, -0.05) is 41.9 Å². The fourth-order valence-electron chi connectivity index (χ4n) is 2.34. The number of aromatic nitrogens is 2. The summed E-state index contributed by atoms with van der Waals surface area (Å²) in [6.45, 7) is 1.73. The van der Waals surface area contributed by atoms with E-state index in [-0.39, 0.29) is 0 Å². The molecular formula is C16H14ClN3O. The van der Waals surface area contributed by atoms with Gasteiger partial charge in [0.1, 0.15) is 11.7 Å². The van der Waals surface area contributed by atoms with Crippen molar-refractivity contribution in [1.82, 2.24) is 9.78 Å². The first kappa shape index (κ1) is 13.6. The van der Waals surface area contributed by atoms with Gasteiger partial charge in [-0.3, -0.25) is 9.48 Å². The van der Waals surface area contributed by atoms with Gasteiger partial charge in [-0.15, -0.1) is 0 Å². The molecule has 5 heteroatoms. The summed E-state index contributed by atoms with van der Waals surface area (Å²) in [5.41, 5.74) is 8.01. The number of benzene rings is 2. The van der Waals surface area contributed by atoms with Crippen LogP contribution in [-0.4, -0.2) is 15.7 Å². The Morgan fingerprint density at radius 3 is 2.62 bits per heavy atom. The molecule has 4 nitrogen and oxygen atoms in total. The van der Waals surface area contributed by atoms with Crippen LogP contribution in [0.1, 0.15) is 13.0 Å². The Morgan fingerprint density at radius 1 is 1.24 bits per heavy atom. The topological polar surface area (TPSA) is 60.9 Å². The molecule has 0 bridgehead atoms. The van der Waals surface area contributed by atoms with Gasteiger partial charge < -0.3 is 5.73 Å².